The van der Waals surface area contributed by atoms with Crippen LogP contribution in [0.1, 0.15) is 61.3 Å². The third kappa shape index (κ3) is 6.04. The van der Waals surface area contributed by atoms with Crippen LogP contribution in [0.4, 0.5) is 5.69 Å². The summed E-state index contributed by atoms with van der Waals surface area (Å²) < 4.78 is 0. The van der Waals surface area contributed by atoms with Crippen molar-refractivity contribution in [1.82, 2.24) is 4.98 Å². The summed E-state index contributed by atoms with van der Waals surface area (Å²) in [4.78, 5) is 18.5. The van der Waals surface area contributed by atoms with Crippen LogP contribution in [0.25, 0.3) is 6.08 Å². The van der Waals surface area contributed by atoms with Crippen molar-refractivity contribution in [2.45, 2.75) is 51.0 Å². The number of nitrogens with zero attached hydrogens (tertiary/aromatic N) is 2. The number of phenols is 2. The quantitative estimate of drug-likeness (QED) is 0.204. The molecule has 1 aromatic heterocycles. The molecule has 1 aliphatic heterocycles. The van der Waals surface area contributed by atoms with Gasteiger partial charge in [0.2, 0.25) is 0 Å². The van der Waals surface area contributed by atoms with Crippen LogP contribution in [0.15, 0.2) is 73.1 Å². The third-order valence-electron chi connectivity index (χ3n) is 6.43. The Morgan fingerprint density at radius 3 is 2.53 bits per heavy atom. The predicted octanol–water partition coefficient (Wildman–Crippen LogP) is 6.22. The fourth-order valence-electron chi connectivity index (χ4n) is 4.63. The van der Waals surface area contributed by atoms with Gasteiger partial charge in [-0.15, -0.1) is 0 Å². The van der Waals surface area contributed by atoms with Crippen LogP contribution in [0.5, 0.6) is 11.5 Å². The zero-order chi connectivity index (χ0) is 23.8. The summed E-state index contributed by atoms with van der Waals surface area (Å²) in [5.74, 6) is 0.0308. The summed E-state index contributed by atoms with van der Waals surface area (Å²) in [6.07, 6.45) is 13.5. The summed E-state index contributed by atoms with van der Waals surface area (Å²) in [6.45, 7) is 0.892. The van der Waals surface area contributed by atoms with E-state index in [4.69, 9.17) is 0 Å². The number of hydrogen-bond donors (Lipinski definition) is 2. The van der Waals surface area contributed by atoms with Crippen LogP contribution < -0.4 is 4.90 Å². The molecule has 3 aromatic rings. The standard InChI is InChI=1S/C29H32N2O3/c32-25(15-14-22-10-9-16-30-21-22)13-7-2-1-3-8-17-31-26(23-11-5-4-6-12-23)18-24-19-28(33)29(34)20-27(24)31/h4-6,9-12,14-16,19-21,26,33-34H,1-3,7-8,13,17-18H2/b15-14+. The van der Waals surface area contributed by atoms with Gasteiger partial charge in [-0.1, -0.05) is 55.7 Å². The van der Waals surface area contributed by atoms with E-state index >= 15 is 0 Å². The number of anilines is 1. The van der Waals surface area contributed by atoms with Gasteiger partial charge in [0, 0.05) is 37.1 Å². The number of carbonyl (C=O) groups is 1. The fourth-order valence-corrected chi connectivity index (χ4v) is 4.63. The molecule has 0 amide bonds. The van der Waals surface area contributed by atoms with Crippen LogP contribution in [0.3, 0.4) is 0 Å². The predicted molar refractivity (Wildman–Crippen MR) is 136 cm³/mol. The first-order valence-corrected chi connectivity index (χ1v) is 12.1. The summed E-state index contributed by atoms with van der Waals surface area (Å²) in [5.41, 5.74) is 4.27. The Morgan fingerprint density at radius 2 is 1.74 bits per heavy atom. The first kappa shape index (κ1) is 23.6. The average Bonchev–Trinajstić information content (AvgIpc) is 3.20. The van der Waals surface area contributed by atoms with E-state index in [-0.39, 0.29) is 23.3 Å². The number of ketones is 1. The van der Waals surface area contributed by atoms with Crippen LogP contribution in [0.2, 0.25) is 0 Å². The number of aromatic hydroxyl groups is 2. The molecule has 0 saturated heterocycles. The number of aromatic nitrogens is 1. The van der Waals surface area contributed by atoms with Crippen molar-refractivity contribution in [3.05, 3.63) is 89.8 Å². The molecule has 1 aliphatic rings. The van der Waals surface area contributed by atoms with Crippen molar-refractivity contribution in [1.29, 1.82) is 0 Å². The van der Waals surface area contributed by atoms with Gasteiger partial charge in [-0.3, -0.25) is 9.78 Å². The molecule has 0 saturated carbocycles. The Hall–Kier alpha value is -3.60. The van der Waals surface area contributed by atoms with E-state index in [9.17, 15) is 15.0 Å². The maximum Gasteiger partial charge on any atom is 0.159 e. The Bertz CT molecular complexity index is 1110. The minimum absolute atomic E-state index is 0.0581. The normalized spacial score (nSPS) is 15.1. The van der Waals surface area contributed by atoms with Crippen LogP contribution in [-0.2, 0) is 11.2 Å². The Labute approximate surface area is 201 Å². The lowest BCUT2D eigenvalue weighted by atomic mass is 10.0. The molecule has 0 aliphatic carbocycles. The van der Waals surface area contributed by atoms with Gasteiger partial charge in [0.05, 0.1) is 6.04 Å². The zero-order valence-electron chi connectivity index (χ0n) is 19.4. The Kier molecular flexibility index (Phi) is 7.97. The van der Waals surface area contributed by atoms with Gasteiger partial charge in [-0.2, -0.15) is 0 Å². The molecular formula is C29H32N2O3. The monoisotopic (exact) mass is 456 g/mol. The number of fused-ring (bicyclic) bond motifs is 1. The number of pyridine rings is 1. The lowest BCUT2D eigenvalue weighted by Crippen LogP contribution is -2.26. The average molecular weight is 457 g/mol. The highest BCUT2D eigenvalue weighted by Gasteiger charge is 2.31. The summed E-state index contributed by atoms with van der Waals surface area (Å²) in [7, 11) is 0. The van der Waals surface area contributed by atoms with E-state index in [1.807, 2.05) is 24.3 Å². The molecule has 1 unspecified atom stereocenters. The van der Waals surface area contributed by atoms with E-state index in [2.05, 4.69) is 34.1 Å². The molecule has 2 aromatic carbocycles. The van der Waals surface area contributed by atoms with E-state index in [0.29, 0.717) is 6.42 Å². The molecule has 0 bridgehead atoms. The molecule has 0 radical (unpaired) electrons. The largest absolute Gasteiger partial charge is 0.504 e. The smallest absolute Gasteiger partial charge is 0.159 e. The molecule has 2 N–H and O–H groups in total. The van der Waals surface area contributed by atoms with Crippen LogP contribution in [-0.4, -0.2) is 27.5 Å². The lowest BCUT2D eigenvalue weighted by molar-refractivity contribution is -0.114. The van der Waals surface area contributed by atoms with Gasteiger partial charge >= 0.3 is 0 Å². The molecule has 5 heteroatoms. The first-order valence-electron chi connectivity index (χ1n) is 12.1. The number of unbranched alkanes of at least 4 members (excludes halogenated alkanes) is 4. The summed E-state index contributed by atoms with van der Waals surface area (Å²) in [5, 5.41) is 20.0. The van der Waals surface area contributed by atoms with Gasteiger partial charge in [0.25, 0.3) is 0 Å². The Morgan fingerprint density at radius 1 is 0.971 bits per heavy atom. The number of allylic oxidation sites excluding steroid dienone is 1. The van der Waals surface area contributed by atoms with E-state index in [0.717, 1.165) is 61.9 Å². The first-order chi connectivity index (χ1) is 16.6. The second-order valence-electron chi connectivity index (χ2n) is 8.90. The van der Waals surface area contributed by atoms with Crippen molar-refractivity contribution >= 4 is 17.5 Å². The van der Waals surface area contributed by atoms with Crippen molar-refractivity contribution in [2.24, 2.45) is 0 Å². The molecule has 5 nitrogen and oxygen atoms in total. The highest BCUT2D eigenvalue weighted by Crippen LogP contribution is 2.44. The number of hydrogen-bond acceptors (Lipinski definition) is 5. The molecule has 34 heavy (non-hydrogen) atoms. The Balaban J connectivity index is 1.23. The zero-order valence-corrected chi connectivity index (χ0v) is 19.4. The summed E-state index contributed by atoms with van der Waals surface area (Å²) in [6, 6.07) is 17.8. The molecule has 1 atom stereocenters. The van der Waals surface area contributed by atoms with Crippen molar-refractivity contribution in [3.63, 3.8) is 0 Å². The number of benzene rings is 2. The van der Waals surface area contributed by atoms with Gasteiger partial charge < -0.3 is 15.1 Å². The van der Waals surface area contributed by atoms with Gasteiger partial charge in [0.1, 0.15) is 0 Å². The molecule has 0 spiro atoms. The van der Waals surface area contributed by atoms with Crippen LogP contribution in [0, 0.1) is 0 Å². The van der Waals surface area contributed by atoms with Gasteiger partial charge in [-0.25, -0.2) is 0 Å². The molecule has 4 rings (SSSR count). The van der Waals surface area contributed by atoms with Crippen LogP contribution >= 0.6 is 0 Å². The minimum atomic E-state index is -0.0697. The van der Waals surface area contributed by atoms with E-state index < -0.39 is 0 Å². The SMILES string of the molecule is O=C(/C=C/c1cccnc1)CCCCCCCN1c2cc(O)c(O)cc2CC1c1ccccc1. The second kappa shape index (κ2) is 11.5. The second-order valence-corrected chi connectivity index (χ2v) is 8.90. The third-order valence-corrected chi connectivity index (χ3v) is 6.43. The highest BCUT2D eigenvalue weighted by molar-refractivity contribution is 5.93. The number of phenolic OH excluding ortho intramolecular Hbond substituents is 2. The minimum Gasteiger partial charge on any atom is -0.504 e. The number of carbonyl (C=O) groups excluding carboxylic acids is 1. The highest BCUT2D eigenvalue weighted by atomic mass is 16.3. The topological polar surface area (TPSA) is 73.7 Å². The van der Waals surface area contributed by atoms with Gasteiger partial charge in [-0.05, 0) is 60.2 Å². The summed E-state index contributed by atoms with van der Waals surface area (Å²) >= 11 is 0. The van der Waals surface area contributed by atoms with Crippen molar-refractivity contribution < 1.29 is 15.0 Å². The maximum absolute atomic E-state index is 12.1. The maximum atomic E-state index is 12.1. The fraction of sp³-hybridized carbons (Fsp3) is 0.310. The molecule has 176 valence electrons. The van der Waals surface area contributed by atoms with Crippen molar-refractivity contribution in [2.75, 3.05) is 11.4 Å². The lowest BCUT2D eigenvalue weighted by Gasteiger charge is -2.28. The van der Waals surface area contributed by atoms with Crippen molar-refractivity contribution in [3.8, 4) is 11.5 Å². The van der Waals surface area contributed by atoms with Gasteiger partial charge in [0.15, 0.2) is 17.3 Å². The molecule has 0 fully saturated rings. The number of rotatable bonds is 11. The molecular weight excluding hydrogens is 424 g/mol. The van der Waals surface area contributed by atoms with E-state index in [1.54, 1.807) is 30.6 Å². The van der Waals surface area contributed by atoms with E-state index in [1.165, 1.54) is 5.56 Å². The molecule has 2 heterocycles.